The molecule has 3 N–H and O–H groups in total. The van der Waals surface area contributed by atoms with E-state index in [9.17, 15) is 33.5 Å². The molecular weight excluding hydrogens is 470 g/mol. The predicted molar refractivity (Wildman–Crippen MR) is 116 cm³/mol. The summed E-state index contributed by atoms with van der Waals surface area (Å²) in [6, 6.07) is 4.35. The fraction of sp³-hybridized carbons (Fsp3) is 0.565. The maximum absolute atomic E-state index is 14.8. The maximum atomic E-state index is 14.8. The van der Waals surface area contributed by atoms with Crippen LogP contribution in [0.1, 0.15) is 43.8 Å². The van der Waals surface area contributed by atoms with Crippen LogP contribution >= 0.6 is 11.6 Å². The molecule has 34 heavy (non-hydrogen) atoms. The van der Waals surface area contributed by atoms with Crippen molar-refractivity contribution in [2.24, 2.45) is 11.8 Å². The van der Waals surface area contributed by atoms with Gasteiger partial charge in [0.05, 0.1) is 12.0 Å². The van der Waals surface area contributed by atoms with Gasteiger partial charge in [-0.25, -0.2) is 8.78 Å². The summed E-state index contributed by atoms with van der Waals surface area (Å²) in [6.45, 7) is 0.470. The summed E-state index contributed by atoms with van der Waals surface area (Å²) in [6.07, 6.45) is -1.41. The van der Waals surface area contributed by atoms with Crippen LogP contribution in [0.5, 0.6) is 0 Å². The molecular formula is C23H25ClF2N4O4. The van der Waals surface area contributed by atoms with E-state index in [1.165, 1.54) is 12.1 Å². The minimum Gasteiger partial charge on any atom is -0.378 e. The Morgan fingerprint density at radius 1 is 1.35 bits per heavy atom. The lowest BCUT2D eigenvalue weighted by Gasteiger charge is -2.54. The summed E-state index contributed by atoms with van der Waals surface area (Å²) in [5.41, 5.74) is 0.187. The van der Waals surface area contributed by atoms with E-state index < -0.39 is 60.2 Å². The highest BCUT2D eigenvalue weighted by atomic mass is 35.5. The number of nitriles is 1. The molecule has 3 saturated heterocycles. The van der Waals surface area contributed by atoms with E-state index in [4.69, 9.17) is 11.6 Å². The van der Waals surface area contributed by atoms with Crippen molar-refractivity contribution >= 4 is 29.3 Å². The average Bonchev–Trinajstić information content (AvgIpc) is 3.20. The number of nitrogens with zero attached hydrogens (tertiary/aromatic N) is 2. The predicted octanol–water partition coefficient (Wildman–Crippen LogP) is 1.92. The van der Waals surface area contributed by atoms with Crippen molar-refractivity contribution in [3.8, 4) is 6.07 Å². The lowest BCUT2D eigenvalue weighted by atomic mass is 9.71. The Kier molecular flexibility index (Phi) is 6.78. The fourth-order valence-electron chi connectivity index (χ4n) is 5.34. The SMILES string of the molecule is N#C[C@@H](C[C@@H]1CCNC1=O)NC(=O)[C@@H]1[C@@H]2CC[C@@H](CC2(F)F)N1C(=O)[C@H](O)c1cccc(Cl)c1. The number of carbonyl (C=O) groups excluding carboxylic acids is 3. The Labute approximate surface area is 200 Å². The van der Waals surface area contributed by atoms with E-state index in [2.05, 4.69) is 10.6 Å². The molecule has 5 rings (SSSR count). The summed E-state index contributed by atoms with van der Waals surface area (Å²) in [4.78, 5) is 39.4. The van der Waals surface area contributed by atoms with Crippen molar-refractivity contribution in [3.63, 3.8) is 0 Å². The normalized spacial score (nSPS) is 29.1. The van der Waals surface area contributed by atoms with Gasteiger partial charge in [0.15, 0.2) is 6.10 Å². The van der Waals surface area contributed by atoms with E-state index in [1.54, 1.807) is 12.1 Å². The van der Waals surface area contributed by atoms with Crippen LogP contribution < -0.4 is 10.6 Å². The highest BCUT2D eigenvalue weighted by Crippen LogP contribution is 2.49. The topological polar surface area (TPSA) is 123 Å². The number of benzene rings is 1. The Balaban J connectivity index is 1.58. The Hall–Kier alpha value is -2.77. The van der Waals surface area contributed by atoms with E-state index >= 15 is 0 Å². The van der Waals surface area contributed by atoms with Crippen molar-refractivity contribution in [2.75, 3.05) is 6.54 Å². The van der Waals surface area contributed by atoms with Gasteiger partial charge < -0.3 is 20.6 Å². The molecule has 6 atom stereocenters. The van der Waals surface area contributed by atoms with Gasteiger partial charge >= 0.3 is 0 Å². The third-order valence-corrected chi connectivity index (χ3v) is 7.25. The molecule has 4 fully saturated rings. The van der Waals surface area contributed by atoms with Crippen LogP contribution in [-0.4, -0.2) is 58.3 Å². The molecule has 0 radical (unpaired) electrons. The van der Waals surface area contributed by atoms with E-state index in [-0.39, 0.29) is 35.8 Å². The molecule has 2 bridgehead atoms. The van der Waals surface area contributed by atoms with Crippen LogP contribution in [-0.2, 0) is 14.4 Å². The van der Waals surface area contributed by atoms with Crippen molar-refractivity contribution in [1.29, 1.82) is 5.26 Å². The first kappa shape index (κ1) is 24.4. The molecule has 11 heteroatoms. The number of hydrogen-bond acceptors (Lipinski definition) is 5. The van der Waals surface area contributed by atoms with Gasteiger partial charge in [-0.05, 0) is 43.4 Å². The molecule has 0 unspecified atom stereocenters. The summed E-state index contributed by atoms with van der Waals surface area (Å²) in [5, 5.41) is 25.6. The van der Waals surface area contributed by atoms with Gasteiger partial charge in [-0.15, -0.1) is 0 Å². The minimum absolute atomic E-state index is 0.0368. The number of nitrogens with one attached hydrogen (secondary N) is 2. The summed E-state index contributed by atoms with van der Waals surface area (Å²) in [7, 11) is 0. The quantitative estimate of drug-likeness (QED) is 0.557. The number of alkyl halides is 2. The highest BCUT2D eigenvalue weighted by molar-refractivity contribution is 6.30. The van der Waals surface area contributed by atoms with Crippen LogP contribution in [0.3, 0.4) is 0 Å². The lowest BCUT2D eigenvalue weighted by Crippen LogP contribution is -2.69. The second-order valence-electron chi connectivity index (χ2n) is 9.15. The number of aliphatic hydroxyl groups excluding tert-OH is 1. The number of fused-ring (bicyclic) bond motifs is 3. The van der Waals surface area contributed by atoms with Gasteiger partial charge in [-0.3, -0.25) is 14.4 Å². The maximum Gasteiger partial charge on any atom is 0.256 e. The molecule has 3 aliphatic heterocycles. The van der Waals surface area contributed by atoms with Crippen molar-refractivity contribution in [1.82, 2.24) is 15.5 Å². The fourth-order valence-corrected chi connectivity index (χ4v) is 5.54. The average molecular weight is 495 g/mol. The minimum atomic E-state index is -3.17. The Morgan fingerprint density at radius 3 is 2.74 bits per heavy atom. The van der Waals surface area contributed by atoms with E-state index in [1.807, 2.05) is 6.07 Å². The standard InChI is InChI=1S/C23H25ClF2N4O4/c24-14-3-1-2-12(8-14)19(31)22(34)30-16-4-5-17(23(25,26)10-16)18(30)21(33)29-15(11-27)9-13-6-7-28-20(13)32/h1-3,8,13,15-19,31H,4-7,9-10H2,(H,28,32)(H,29,33)/t13-,15+,16-,17-,18-,19+/m0/s1. The first-order valence-electron chi connectivity index (χ1n) is 11.2. The molecule has 0 aromatic heterocycles. The van der Waals surface area contributed by atoms with Gasteiger partial charge in [0, 0.05) is 29.9 Å². The first-order valence-corrected chi connectivity index (χ1v) is 11.6. The van der Waals surface area contributed by atoms with E-state index in [0.717, 1.165) is 4.90 Å². The summed E-state index contributed by atoms with van der Waals surface area (Å²) >= 11 is 5.95. The highest BCUT2D eigenvalue weighted by Gasteiger charge is 2.61. The van der Waals surface area contributed by atoms with Gasteiger partial charge in [-0.2, -0.15) is 5.26 Å². The zero-order valence-corrected chi connectivity index (χ0v) is 19.0. The molecule has 3 heterocycles. The first-order chi connectivity index (χ1) is 16.1. The lowest BCUT2D eigenvalue weighted by molar-refractivity contribution is -0.198. The van der Waals surface area contributed by atoms with Gasteiger partial charge in [-0.1, -0.05) is 23.7 Å². The number of carbonyl (C=O) groups is 3. The number of halogens is 3. The number of piperidine rings is 2. The smallest absolute Gasteiger partial charge is 0.256 e. The van der Waals surface area contributed by atoms with Crippen molar-refractivity contribution < 1.29 is 28.3 Å². The van der Waals surface area contributed by atoms with Crippen molar-refractivity contribution in [3.05, 3.63) is 34.9 Å². The zero-order chi connectivity index (χ0) is 24.6. The Morgan fingerprint density at radius 2 is 2.12 bits per heavy atom. The van der Waals surface area contributed by atoms with Crippen LogP contribution in [0, 0.1) is 23.2 Å². The van der Waals surface area contributed by atoms with Crippen LogP contribution in [0.15, 0.2) is 24.3 Å². The monoisotopic (exact) mass is 494 g/mol. The molecule has 182 valence electrons. The molecule has 1 aromatic carbocycles. The molecule has 3 amide bonds. The van der Waals surface area contributed by atoms with Crippen molar-refractivity contribution in [2.45, 2.75) is 62.3 Å². The molecule has 1 aliphatic carbocycles. The van der Waals surface area contributed by atoms with Crippen LogP contribution in [0.25, 0.3) is 0 Å². The number of amides is 3. The molecule has 0 spiro atoms. The number of rotatable bonds is 6. The van der Waals surface area contributed by atoms with Gasteiger partial charge in [0.25, 0.3) is 11.8 Å². The summed E-state index contributed by atoms with van der Waals surface area (Å²) < 4.78 is 29.6. The summed E-state index contributed by atoms with van der Waals surface area (Å²) in [5.74, 6) is -7.05. The van der Waals surface area contributed by atoms with E-state index in [0.29, 0.717) is 13.0 Å². The van der Waals surface area contributed by atoms with Crippen LogP contribution in [0.2, 0.25) is 5.02 Å². The molecule has 1 saturated carbocycles. The van der Waals surface area contributed by atoms with Crippen LogP contribution in [0.4, 0.5) is 8.78 Å². The second-order valence-corrected chi connectivity index (χ2v) is 9.59. The molecule has 8 nitrogen and oxygen atoms in total. The second kappa shape index (κ2) is 9.47. The largest absolute Gasteiger partial charge is 0.378 e. The molecule has 1 aromatic rings. The molecule has 4 aliphatic rings. The third-order valence-electron chi connectivity index (χ3n) is 7.01. The number of hydrogen-bond donors (Lipinski definition) is 3. The zero-order valence-electron chi connectivity index (χ0n) is 18.2. The Bertz CT molecular complexity index is 1030. The van der Waals surface area contributed by atoms with Gasteiger partial charge in [0.2, 0.25) is 11.8 Å². The van der Waals surface area contributed by atoms with Gasteiger partial charge in [0.1, 0.15) is 12.1 Å². The third kappa shape index (κ3) is 4.59. The number of aliphatic hydroxyl groups is 1.